The van der Waals surface area contributed by atoms with Crippen molar-refractivity contribution in [3.05, 3.63) is 54.4 Å². The number of hydrogen-bond donors (Lipinski definition) is 0. The van der Waals surface area contributed by atoms with Crippen LogP contribution in [0.25, 0.3) is 0 Å². The average molecular weight is 328 g/mol. The Kier molecular flexibility index (Phi) is 5.76. The Morgan fingerprint density at radius 3 is 2.71 bits per heavy atom. The molecule has 2 fully saturated rings. The predicted molar refractivity (Wildman–Crippen MR) is 97.8 cm³/mol. The van der Waals surface area contributed by atoms with E-state index in [-0.39, 0.29) is 5.82 Å². The van der Waals surface area contributed by atoms with Gasteiger partial charge < -0.3 is 4.74 Å². The number of fused-ring (bicyclic) bond motifs is 1. The van der Waals surface area contributed by atoms with E-state index < -0.39 is 0 Å². The summed E-state index contributed by atoms with van der Waals surface area (Å²) in [4.78, 5) is 0. The molecule has 2 saturated carbocycles. The van der Waals surface area contributed by atoms with E-state index in [1.165, 1.54) is 38.5 Å². The van der Waals surface area contributed by atoms with Gasteiger partial charge in [-0.2, -0.15) is 0 Å². The third-order valence-corrected chi connectivity index (χ3v) is 5.99. The lowest BCUT2D eigenvalue weighted by atomic mass is 9.64. The maximum atomic E-state index is 14.3. The first kappa shape index (κ1) is 17.3. The van der Waals surface area contributed by atoms with E-state index in [9.17, 15) is 4.39 Å². The van der Waals surface area contributed by atoms with Gasteiger partial charge >= 0.3 is 0 Å². The Morgan fingerprint density at radius 1 is 1.17 bits per heavy atom. The number of halogens is 1. The van der Waals surface area contributed by atoms with E-state index in [4.69, 9.17) is 4.74 Å². The fraction of sp³-hybridized carbons (Fsp3) is 0.545. The van der Waals surface area contributed by atoms with Crippen molar-refractivity contribution in [2.45, 2.75) is 51.4 Å². The van der Waals surface area contributed by atoms with E-state index in [1.54, 1.807) is 12.1 Å². The Labute approximate surface area is 145 Å². The highest BCUT2D eigenvalue weighted by Crippen LogP contribution is 2.48. The zero-order valence-corrected chi connectivity index (χ0v) is 14.7. The lowest BCUT2D eigenvalue weighted by molar-refractivity contribution is 0.133. The van der Waals surface area contributed by atoms with Gasteiger partial charge in [0.2, 0.25) is 0 Å². The highest BCUT2D eigenvalue weighted by atomic mass is 19.1. The summed E-state index contributed by atoms with van der Waals surface area (Å²) >= 11 is 0. The molecule has 130 valence electrons. The second-order valence-corrected chi connectivity index (χ2v) is 7.41. The molecule has 0 heterocycles. The minimum atomic E-state index is -0.227. The zero-order chi connectivity index (χ0) is 16.9. The molecule has 4 atom stereocenters. The topological polar surface area (TPSA) is 9.23 Å². The first-order valence-corrected chi connectivity index (χ1v) is 9.37. The molecule has 0 amide bonds. The molecule has 0 aliphatic heterocycles. The van der Waals surface area contributed by atoms with Crippen molar-refractivity contribution in [2.24, 2.45) is 17.8 Å². The lowest BCUT2D eigenvalue weighted by Gasteiger charge is -2.41. The molecule has 2 heteroatoms. The van der Waals surface area contributed by atoms with E-state index in [1.807, 2.05) is 19.1 Å². The highest BCUT2D eigenvalue weighted by Gasteiger charge is 2.35. The second kappa shape index (κ2) is 8.00. The van der Waals surface area contributed by atoms with Gasteiger partial charge in [-0.3, -0.25) is 0 Å². The van der Waals surface area contributed by atoms with Crippen molar-refractivity contribution in [1.29, 1.82) is 0 Å². The van der Waals surface area contributed by atoms with Crippen molar-refractivity contribution in [1.82, 2.24) is 0 Å². The number of rotatable bonds is 5. The Hall–Kier alpha value is -1.57. The van der Waals surface area contributed by atoms with Crippen LogP contribution in [0.1, 0.15) is 56.9 Å². The summed E-state index contributed by atoms with van der Waals surface area (Å²) in [5, 5.41) is 0. The fourth-order valence-electron chi connectivity index (χ4n) is 4.56. The standard InChI is InChI=1S/C22H29FO/c1-3-5-12-24-22-11-10-20(15-21(22)23)19-9-8-17-13-16(4-2)6-7-18(17)14-19/h3-5,10-11,15-19H,2,6-9,12-14H2,1H3/b5-3+/t16-,17-,18-,19?/m1/s1. The third kappa shape index (κ3) is 3.91. The smallest absolute Gasteiger partial charge is 0.165 e. The van der Waals surface area contributed by atoms with E-state index in [0.717, 1.165) is 17.4 Å². The molecule has 1 aromatic rings. The van der Waals surface area contributed by atoms with Gasteiger partial charge in [-0.15, -0.1) is 6.58 Å². The van der Waals surface area contributed by atoms with Crippen LogP contribution in [0.5, 0.6) is 5.75 Å². The molecule has 1 unspecified atom stereocenters. The minimum Gasteiger partial charge on any atom is -0.486 e. The highest BCUT2D eigenvalue weighted by molar-refractivity contribution is 5.32. The van der Waals surface area contributed by atoms with Crippen LogP contribution in [0.3, 0.4) is 0 Å². The number of allylic oxidation sites excluding steroid dienone is 2. The van der Waals surface area contributed by atoms with Gasteiger partial charge in [0.1, 0.15) is 6.61 Å². The van der Waals surface area contributed by atoms with E-state index >= 15 is 0 Å². The maximum Gasteiger partial charge on any atom is 0.165 e. The van der Waals surface area contributed by atoms with Crippen LogP contribution in [0.4, 0.5) is 4.39 Å². The summed E-state index contributed by atoms with van der Waals surface area (Å²) in [7, 11) is 0. The van der Waals surface area contributed by atoms with Crippen LogP contribution < -0.4 is 4.74 Å². The molecule has 2 aliphatic carbocycles. The van der Waals surface area contributed by atoms with E-state index in [2.05, 4.69) is 18.7 Å². The third-order valence-electron chi connectivity index (χ3n) is 5.99. The lowest BCUT2D eigenvalue weighted by Crippen LogP contribution is -2.29. The molecule has 0 N–H and O–H groups in total. The van der Waals surface area contributed by atoms with Crippen LogP contribution in [-0.2, 0) is 0 Å². The molecule has 3 rings (SSSR count). The SMILES string of the molecule is C=C[C@@H]1CC[C@@H]2CC(c3ccc(OC/C=C/C)c(F)c3)CC[C@@H]2C1. The fourth-order valence-corrected chi connectivity index (χ4v) is 4.56. The minimum absolute atomic E-state index is 0.227. The maximum absolute atomic E-state index is 14.3. The van der Waals surface area contributed by atoms with Crippen molar-refractivity contribution in [3.8, 4) is 5.75 Å². The molecule has 0 bridgehead atoms. The number of hydrogen-bond acceptors (Lipinski definition) is 1. The molecule has 2 aliphatic rings. The zero-order valence-electron chi connectivity index (χ0n) is 14.7. The van der Waals surface area contributed by atoms with Crippen LogP contribution >= 0.6 is 0 Å². The first-order valence-electron chi connectivity index (χ1n) is 9.37. The molecule has 1 aromatic carbocycles. The monoisotopic (exact) mass is 328 g/mol. The van der Waals surface area contributed by atoms with Crippen LogP contribution in [-0.4, -0.2) is 6.61 Å². The van der Waals surface area contributed by atoms with Gasteiger partial charge in [0.15, 0.2) is 11.6 Å². The Morgan fingerprint density at radius 2 is 1.96 bits per heavy atom. The number of benzene rings is 1. The largest absolute Gasteiger partial charge is 0.486 e. The summed E-state index contributed by atoms with van der Waals surface area (Å²) in [5.74, 6) is 3.02. The van der Waals surface area contributed by atoms with Gasteiger partial charge in [0.05, 0.1) is 0 Å². The normalized spacial score (nSPS) is 30.1. The Balaban J connectivity index is 1.63. The molecular formula is C22H29FO. The molecule has 0 saturated heterocycles. The van der Waals surface area contributed by atoms with Gasteiger partial charge in [-0.05, 0) is 86.8 Å². The van der Waals surface area contributed by atoms with Crippen LogP contribution in [0.15, 0.2) is 43.0 Å². The molecule has 0 spiro atoms. The van der Waals surface area contributed by atoms with E-state index in [0.29, 0.717) is 24.2 Å². The van der Waals surface area contributed by atoms with Gasteiger partial charge in [0, 0.05) is 0 Å². The van der Waals surface area contributed by atoms with Crippen molar-refractivity contribution >= 4 is 0 Å². The molecule has 24 heavy (non-hydrogen) atoms. The summed E-state index contributed by atoms with van der Waals surface area (Å²) in [6, 6.07) is 5.56. The second-order valence-electron chi connectivity index (χ2n) is 7.41. The molecule has 1 nitrogen and oxygen atoms in total. The molecular weight excluding hydrogens is 299 g/mol. The first-order chi connectivity index (χ1) is 11.7. The summed E-state index contributed by atoms with van der Waals surface area (Å²) in [6.07, 6.45) is 13.5. The summed E-state index contributed by atoms with van der Waals surface area (Å²) in [5.41, 5.74) is 1.15. The predicted octanol–water partition coefficient (Wildman–Crippen LogP) is 6.27. The van der Waals surface area contributed by atoms with Crippen molar-refractivity contribution < 1.29 is 9.13 Å². The summed E-state index contributed by atoms with van der Waals surface area (Å²) in [6.45, 7) is 6.32. The number of ether oxygens (including phenoxy) is 1. The van der Waals surface area contributed by atoms with Crippen LogP contribution in [0, 0.1) is 23.6 Å². The van der Waals surface area contributed by atoms with Crippen molar-refractivity contribution in [2.75, 3.05) is 6.61 Å². The average Bonchev–Trinajstić information content (AvgIpc) is 2.62. The van der Waals surface area contributed by atoms with Gasteiger partial charge in [-0.25, -0.2) is 4.39 Å². The van der Waals surface area contributed by atoms with Gasteiger partial charge in [-0.1, -0.05) is 24.3 Å². The molecule has 0 aromatic heterocycles. The van der Waals surface area contributed by atoms with Crippen molar-refractivity contribution in [3.63, 3.8) is 0 Å². The van der Waals surface area contributed by atoms with Crippen LogP contribution in [0.2, 0.25) is 0 Å². The molecule has 0 radical (unpaired) electrons. The Bertz CT molecular complexity index is 592. The van der Waals surface area contributed by atoms with Gasteiger partial charge in [0.25, 0.3) is 0 Å². The summed E-state index contributed by atoms with van der Waals surface area (Å²) < 4.78 is 19.8. The quantitative estimate of drug-likeness (QED) is 0.579.